The van der Waals surface area contributed by atoms with Crippen molar-refractivity contribution in [1.29, 1.82) is 0 Å². The summed E-state index contributed by atoms with van der Waals surface area (Å²) in [5.41, 5.74) is 6.01. The van der Waals surface area contributed by atoms with Crippen LogP contribution in [0, 0.1) is 0 Å². The molecule has 4 rings (SSSR count). The van der Waals surface area contributed by atoms with Crippen LogP contribution in [0.2, 0.25) is 0 Å². The Bertz CT molecular complexity index is 677. The lowest BCUT2D eigenvalue weighted by Crippen LogP contribution is -2.49. The smallest absolute Gasteiger partial charge is 0.399 e. The van der Waals surface area contributed by atoms with E-state index in [-0.39, 0.29) is 11.2 Å². The second-order valence-corrected chi connectivity index (χ2v) is 9.76. The van der Waals surface area contributed by atoms with Gasteiger partial charge < -0.3 is 19.9 Å². The highest BCUT2D eigenvalue weighted by molar-refractivity contribution is 6.61. The number of anilines is 1. The lowest BCUT2D eigenvalue weighted by Gasteiger charge is -2.38. The molecule has 160 valence electrons. The van der Waals surface area contributed by atoms with Crippen molar-refractivity contribution >= 4 is 18.5 Å². The van der Waals surface area contributed by atoms with Crippen LogP contribution in [0.1, 0.15) is 59.8 Å². The van der Waals surface area contributed by atoms with Crippen molar-refractivity contribution in [2.75, 3.05) is 31.1 Å². The van der Waals surface area contributed by atoms with Crippen molar-refractivity contribution in [2.45, 2.75) is 83.1 Å². The van der Waals surface area contributed by atoms with Gasteiger partial charge in [-0.3, -0.25) is 4.90 Å². The average Bonchev–Trinajstić information content (AvgIpc) is 3.48. The lowest BCUT2D eigenvalue weighted by atomic mass is 9.81. The first kappa shape index (κ1) is 21.0. The molecule has 0 aromatic carbocycles. The fraction of sp³-hybridized carbons (Fsp3) is 0.810. The number of nitrogens with zero attached hydrogens (tertiary/aromatic N) is 4. The quantitative estimate of drug-likeness (QED) is 0.695. The number of nitrogens with two attached hydrogens (primary N) is 1. The summed E-state index contributed by atoms with van der Waals surface area (Å²) >= 11 is 0. The van der Waals surface area contributed by atoms with Crippen molar-refractivity contribution < 1.29 is 9.31 Å². The van der Waals surface area contributed by atoms with Crippen molar-refractivity contribution in [3.63, 3.8) is 0 Å². The monoisotopic (exact) mass is 401 g/mol. The number of hydrogen-bond donors (Lipinski definition) is 1. The van der Waals surface area contributed by atoms with Crippen LogP contribution in [0.4, 0.5) is 5.95 Å². The van der Waals surface area contributed by atoms with E-state index in [0.29, 0.717) is 12.1 Å². The Morgan fingerprint density at radius 1 is 1.10 bits per heavy atom. The minimum atomic E-state index is -0.415. The molecule has 3 aliphatic rings. The Balaban J connectivity index is 1.46. The summed E-state index contributed by atoms with van der Waals surface area (Å²) in [6.07, 6.45) is 10.0. The molecule has 29 heavy (non-hydrogen) atoms. The highest BCUT2D eigenvalue weighted by Gasteiger charge is 2.52. The highest BCUT2D eigenvalue weighted by atomic mass is 16.7. The molecule has 3 fully saturated rings. The van der Waals surface area contributed by atoms with Gasteiger partial charge in [0.05, 0.1) is 11.2 Å². The van der Waals surface area contributed by atoms with Crippen molar-refractivity contribution in [1.82, 2.24) is 14.9 Å². The van der Waals surface area contributed by atoms with Crippen molar-refractivity contribution in [3.8, 4) is 0 Å². The third-order valence-corrected chi connectivity index (χ3v) is 7.00. The van der Waals surface area contributed by atoms with Gasteiger partial charge in [0.25, 0.3) is 0 Å². The van der Waals surface area contributed by atoms with Gasteiger partial charge in [0.15, 0.2) is 0 Å². The minimum absolute atomic E-state index is 0.357. The predicted octanol–water partition coefficient (Wildman–Crippen LogP) is 1.56. The van der Waals surface area contributed by atoms with Gasteiger partial charge in [-0.15, -0.1) is 0 Å². The molecule has 0 bridgehead atoms. The molecular formula is C21H36BN5O2. The summed E-state index contributed by atoms with van der Waals surface area (Å²) in [6.45, 7) is 12.1. The Hall–Kier alpha value is -1.22. The van der Waals surface area contributed by atoms with Gasteiger partial charge in [-0.25, -0.2) is 9.97 Å². The molecular weight excluding hydrogens is 365 g/mol. The number of piperidine rings is 1. The van der Waals surface area contributed by atoms with E-state index in [0.717, 1.165) is 37.6 Å². The van der Waals surface area contributed by atoms with E-state index in [1.807, 2.05) is 12.4 Å². The van der Waals surface area contributed by atoms with Crippen LogP contribution in [-0.2, 0) is 9.31 Å². The Morgan fingerprint density at radius 2 is 1.76 bits per heavy atom. The van der Waals surface area contributed by atoms with Gasteiger partial charge in [-0.05, 0) is 59.9 Å². The molecule has 2 N–H and O–H groups in total. The fourth-order valence-corrected chi connectivity index (χ4v) is 4.31. The van der Waals surface area contributed by atoms with Crippen LogP contribution in [0.25, 0.3) is 0 Å². The zero-order chi connectivity index (χ0) is 20.6. The molecule has 0 radical (unpaired) electrons. The van der Waals surface area contributed by atoms with E-state index in [9.17, 15) is 0 Å². The first-order valence-corrected chi connectivity index (χ1v) is 11.2. The molecule has 2 aliphatic heterocycles. The minimum Gasteiger partial charge on any atom is -0.399 e. The Morgan fingerprint density at radius 3 is 2.34 bits per heavy atom. The molecule has 2 saturated heterocycles. The van der Waals surface area contributed by atoms with Gasteiger partial charge >= 0.3 is 7.12 Å². The van der Waals surface area contributed by atoms with Gasteiger partial charge in [0.2, 0.25) is 5.95 Å². The maximum absolute atomic E-state index is 6.14. The van der Waals surface area contributed by atoms with Gasteiger partial charge in [-0.2, -0.15) is 0 Å². The Labute approximate surface area is 175 Å². The van der Waals surface area contributed by atoms with E-state index < -0.39 is 7.12 Å². The summed E-state index contributed by atoms with van der Waals surface area (Å²) in [5, 5.41) is 0. The molecule has 1 saturated carbocycles. The Kier molecular flexibility index (Phi) is 5.90. The molecule has 0 unspecified atom stereocenters. The van der Waals surface area contributed by atoms with Crippen molar-refractivity contribution in [3.05, 3.63) is 12.4 Å². The first-order valence-electron chi connectivity index (χ1n) is 11.2. The normalized spacial score (nSPS) is 26.7. The molecule has 8 heteroatoms. The predicted molar refractivity (Wildman–Crippen MR) is 116 cm³/mol. The summed E-state index contributed by atoms with van der Waals surface area (Å²) in [5.74, 6) is 0.825. The zero-order valence-corrected chi connectivity index (χ0v) is 18.4. The average molecular weight is 401 g/mol. The van der Waals surface area contributed by atoms with Crippen LogP contribution in [0.5, 0.6) is 0 Å². The van der Waals surface area contributed by atoms with Gasteiger partial charge in [0, 0.05) is 49.6 Å². The third kappa shape index (κ3) is 4.45. The van der Waals surface area contributed by atoms with Crippen LogP contribution < -0.4 is 16.1 Å². The summed E-state index contributed by atoms with van der Waals surface area (Å²) in [6, 6.07) is 1.11. The van der Waals surface area contributed by atoms with E-state index in [4.69, 9.17) is 25.0 Å². The van der Waals surface area contributed by atoms with Gasteiger partial charge in [0.1, 0.15) is 0 Å². The maximum Gasteiger partial charge on any atom is 0.498 e. The second kappa shape index (κ2) is 8.14. The van der Waals surface area contributed by atoms with Crippen molar-refractivity contribution in [2.24, 2.45) is 5.73 Å². The van der Waals surface area contributed by atoms with E-state index in [1.165, 1.54) is 32.1 Å². The molecule has 3 heterocycles. The topological polar surface area (TPSA) is 76.7 Å². The molecule has 0 spiro atoms. The first-order chi connectivity index (χ1) is 13.8. The molecule has 1 atom stereocenters. The SMILES string of the molecule is CC1(C)OB(c2cnc(N(C[C@@H]3CCCCN3CCN)C3CC3)nc2)OC1(C)C. The van der Waals surface area contributed by atoms with Crippen LogP contribution in [0.15, 0.2) is 12.4 Å². The van der Waals surface area contributed by atoms with Crippen LogP contribution in [-0.4, -0.2) is 71.5 Å². The van der Waals surface area contributed by atoms with Gasteiger partial charge in [-0.1, -0.05) is 6.42 Å². The maximum atomic E-state index is 6.14. The second-order valence-electron chi connectivity index (χ2n) is 9.76. The number of rotatable bonds is 7. The van der Waals surface area contributed by atoms with Crippen LogP contribution >= 0.6 is 0 Å². The molecule has 0 amide bonds. The number of aromatic nitrogens is 2. The largest absolute Gasteiger partial charge is 0.498 e. The van der Waals surface area contributed by atoms with E-state index in [2.05, 4.69) is 37.5 Å². The van der Waals surface area contributed by atoms with Crippen LogP contribution in [0.3, 0.4) is 0 Å². The molecule has 7 nitrogen and oxygen atoms in total. The van der Waals surface area contributed by atoms with E-state index >= 15 is 0 Å². The summed E-state index contributed by atoms with van der Waals surface area (Å²) < 4.78 is 12.3. The lowest BCUT2D eigenvalue weighted by molar-refractivity contribution is 0.00578. The zero-order valence-electron chi connectivity index (χ0n) is 18.4. The molecule has 1 aliphatic carbocycles. The molecule has 1 aromatic heterocycles. The summed E-state index contributed by atoms with van der Waals surface area (Å²) in [7, 11) is -0.415. The third-order valence-electron chi connectivity index (χ3n) is 7.00. The van der Waals surface area contributed by atoms with E-state index in [1.54, 1.807) is 0 Å². The number of hydrogen-bond acceptors (Lipinski definition) is 7. The molecule has 1 aromatic rings. The highest BCUT2D eigenvalue weighted by Crippen LogP contribution is 2.36. The summed E-state index contributed by atoms with van der Waals surface area (Å²) in [4.78, 5) is 14.4. The number of likely N-dealkylation sites (tertiary alicyclic amines) is 1. The standard InChI is InChI=1S/C21H36BN5O2/c1-20(2)21(3,4)29-22(28-20)16-13-24-19(25-14-16)27(17-8-9-17)15-18-7-5-6-11-26(18)12-10-23/h13-14,17-18H,5-12,15,23H2,1-4H3/t18-/m0/s1. The fourth-order valence-electron chi connectivity index (χ4n) is 4.31.